The summed E-state index contributed by atoms with van der Waals surface area (Å²) >= 11 is 0. The maximum atomic E-state index is 12.5. The zero-order valence-electron chi connectivity index (χ0n) is 15.5. The van der Waals surface area contributed by atoms with Gasteiger partial charge >= 0.3 is 6.03 Å². The van der Waals surface area contributed by atoms with E-state index in [4.69, 9.17) is 14.0 Å². The van der Waals surface area contributed by atoms with Gasteiger partial charge in [-0.1, -0.05) is 5.16 Å². The number of benzene rings is 1. The Kier molecular flexibility index (Phi) is 4.79. The monoisotopic (exact) mass is 381 g/mol. The topological polar surface area (TPSA) is 103 Å². The molecule has 1 saturated heterocycles. The minimum absolute atomic E-state index is 0.0219. The quantitative estimate of drug-likeness (QED) is 0.725. The van der Waals surface area contributed by atoms with Gasteiger partial charge in [0.05, 0.1) is 20.1 Å². The third-order valence-corrected chi connectivity index (χ3v) is 4.50. The van der Waals surface area contributed by atoms with Crippen LogP contribution in [0.1, 0.15) is 11.8 Å². The van der Waals surface area contributed by atoms with Gasteiger partial charge in [0.15, 0.2) is 0 Å². The van der Waals surface area contributed by atoms with E-state index in [1.807, 2.05) is 12.1 Å². The number of urea groups is 1. The lowest BCUT2D eigenvalue weighted by Gasteiger charge is -2.36. The Labute approximate surface area is 161 Å². The highest BCUT2D eigenvalue weighted by Gasteiger charge is 2.35. The fourth-order valence-electron chi connectivity index (χ4n) is 2.90. The molecule has 2 aromatic heterocycles. The molecule has 0 atom stereocenters. The lowest BCUT2D eigenvalue weighted by atomic mass is 10.0. The first-order valence-corrected chi connectivity index (χ1v) is 8.69. The lowest BCUT2D eigenvalue weighted by molar-refractivity contribution is 0.147. The number of methoxy groups -OCH3 is 2. The van der Waals surface area contributed by atoms with Crippen molar-refractivity contribution < 1.29 is 18.8 Å². The van der Waals surface area contributed by atoms with Gasteiger partial charge in [0, 0.05) is 54.9 Å². The van der Waals surface area contributed by atoms with Crippen molar-refractivity contribution in [2.24, 2.45) is 0 Å². The molecule has 2 amide bonds. The summed E-state index contributed by atoms with van der Waals surface area (Å²) in [6.07, 6.45) is 3.35. The summed E-state index contributed by atoms with van der Waals surface area (Å²) in [4.78, 5) is 22.5. The Bertz CT molecular complexity index is 947. The smallest absolute Gasteiger partial charge is 0.321 e. The molecule has 0 bridgehead atoms. The molecule has 4 rings (SSSR count). The van der Waals surface area contributed by atoms with Crippen molar-refractivity contribution in [1.29, 1.82) is 0 Å². The van der Waals surface area contributed by atoms with Crippen LogP contribution in [0.5, 0.6) is 11.5 Å². The van der Waals surface area contributed by atoms with Crippen LogP contribution >= 0.6 is 0 Å². The fourth-order valence-corrected chi connectivity index (χ4v) is 2.90. The van der Waals surface area contributed by atoms with Crippen molar-refractivity contribution in [1.82, 2.24) is 20.0 Å². The molecule has 3 heterocycles. The van der Waals surface area contributed by atoms with Gasteiger partial charge in [-0.2, -0.15) is 4.98 Å². The SMILES string of the molecule is COc1cc(NC(=O)N2CC(c3nc(-c4ccncc4)no3)C2)cc(OC)c1. The van der Waals surface area contributed by atoms with Crippen LogP contribution in [0.25, 0.3) is 11.4 Å². The highest BCUT2D eigenvalue weighted by molar-refractivity contribution is 5.90. The molecule has 9 heteroatoms. The molecule has 144 valence electrons. The minimum atomic E-state index is -0.208. The normalized spacial score (nSPS) is 13.7. The second kappa shape index (κ2) is 7.55. The zero-order chi connectivity index (χ0) is 19.5. The number of amides is 2. The van der Waals surface area contributed by atoms with Crippen molar-refractivity contribution >= 4 is 11.7 Å². The Balaban J connectivity index is 1.36. The maximum absolute atomic E-state index is 12.5. The van der Waals surface area contributed by atoms with Crippen LogP contribution < -0.4 is 14.8 Å². The van der Waals surface area contributed by atoms with E-state index < -0.39 is 0 Å². The summed E-state index contributed by atoms with van der Waals surface area (Å²) in [5.41, 5.74) is 1.44. The van der Waals surface area contributed by atoms with Crippen LogP contribution in [0, 0.1) is 0 Å². The van der Waals surface area contributed by atoms with Gasteiger partial charge < -0.3 is 24.2 Å². The standard InChI is InChI=1S/C19H19N5O4/c1-26-15-7-14(8-16(9-15)27-2)21-19(25)24-10-13(11-24)18-22-17(23-28-18)12-3-5-20-6-4-12/h3-9,13H,10-11H2,1-2H3,(H,21,25). The Morgan fingerprint density at radius 2 is 1.82 bits per heavy atom. The van der Waals surface area contributed by atoms with E-state index in [1.54, 1.807) is 49.7 Å². The molecule has 3 aromatic rings. The number of ether oxygens (including phenoxy) is 2. The molecule has 0 radical (unpaired) electrons. The summed E-state index contributed by atoms with van der Waals surface area (Å²) in [5.74, 6) is 2.27. The van der Waals surface area contributed by atoms with Crippen molar-refractivity contribution in [3.8, 4) is 22.9 Å². The van der Waals surface area contributed by atoms with E-state index in [-0.39, 0.29) is 11.9 Å². The third-order valence-electron chi connectivity index (χ3n) is 4.50. The van der Waals surface area contributed by atoms with E-state index in [0.29, 0.717) is 42.0 Å². The highest BCUT2D eigenvalue weighted by Crippen LogP contribution is 2.29. The minimum Gasteiger partial charge on any atom is -0.497 e. The number of likely N-dealkylation sites (tertiary alicyclic amines) is 1. The van der Waals surface area contributed by atoms with Crippen LogP contribution in [0.4, 0.5) is 10.5 Å². The van der Waals surface area contributed by atoms with Crippen molar-refractivity contribution in [3.63, 3.8) is 0 Å². The molecule has 1 fully saturated rings. The fraction of sp³-hybridized carbons (Fsp3) is 0.263. The number of nitrogens with zero attached hydrogens (tertiary/aromatic N) is 4. The molecule has 0 aliphatic carbocycles. The van der Waals surface area contributed by atoms with Gasteiger partial charge in [0.2, 0.25) is 11.7 Å². The van der Waals surface area contributed by atoms with Crippen LogP contribution in [-0.2, 0) is 0 Å². The maximum Gasteiger partial charge on any atom is 0.321 e. The largest absolute Gasteiger partial charge is 0.497 e. The Morgan fingerprint density at radius 3 is 2.46 bits per heavy atom. The number of hydrogen-bond acceptors (Lipinski definition) is 7. The molecule has 28 heavy (non-hydrogen) atoms. The highest BCUT2D eigenvalue weighted by atomic mass is 16.5. The first-order valence-electron chi connectivity index (χ1n) is 8.69. The second-order valence-corrected chi connectivity index (χ2v) is 6.33. The van der Waals surface area contributed by atoms with Crippen molar-refractivity contribution in [2.75, 3.05) is 32.6 Å². The molecule has 1 N–H and O–H groups in total. The Morgan fingerprint density at radius 1 is 1.14 bits per heavy atom. The molecule has 0 unspecified atom stereocenters. The average Bonchev–Trinajstić information content (AvgIpc) is 3.16. The van der Waals surface area contributed by atoms with E-state index in [2.05, 4.69) is 20.4 Å². The van der Waals surface area contributed by atoms with Crippen LogP contribution in [0.15, 0.2) is 47.2 Å². The predicted octanol–water partition coefficient (Wildman–Crippen LogP) is 2.78. The molecular weight excluding hydrogens is 362 g/mol. The first kappa shape index (κ1) is 17.8. The summed E-state index contributed by atoms with van der Waals surface area (Å²) in [5, 5.41) is 6.85. The van der Waals surface area contributed by atoms with E-state index in [0.717, 1.165) is 5.56 Å². The Hall–Kier alpha value is -3.62. The first-order chi connectivity index (χ1) is 13.7. The number of rotatable bonds is 5. The number of anilines is 1. The number of aromatic nitrogens is 3. The summed E-state index contributed by atoms with van der Waals surface area (Å²) in [7, 11) is 3.12. The van der Waals surface area contributed by atoms with Gasteiger partial charge in [0.1, 0.15) is 11.5 Å². The molecule has 0 spiro atoms. The number of hydrogen-bond donors (Lipinski definition) is 1. The third kappa shape index (κ3) is 3.59. The number of carbonyl (C=O) groups is 1. The number of nitrogens with one attached hydrogen (secondary N) is 1. The molecule has 9 nitrogen and oxygen atoms in total. The molecule has 1 aliphatic rings. The van der Waals surface area contributed by atoms with E-state index in [9.17, 15) is 4.79 Å². The van der Waals surface area contributed by atoms with Crippen molar-refractivity contribution in [3.05, 3.63) is 48.6 Å². The molecular formula is C19H19N5O4. The van der Waals surface area contributed by atoms with Crippen LogP contribution in [0.3, 0.4) is 0 Å². The average molecular weight is 381 g/mol. The van der Waals surface area contributed by atoms with E-state index >= 15 is 0 Å². The predicted molar refractivity (Wildman–Crippen MR) is 100 cm³/mol. The van der Waals surface area contributed by atoms with Gasteiger partial charge in [-0.3, -0.25) is 4.98 Å². The van der Waals surface area contributed by atoms with E-state index in [1.165, 1.54) is 0 Å². The summed E-state index contributed by atoms with van der Waals surface area (Å²) in [6, 6.07) is 8.63. The second-order valence-electron chi connectivity index (χ2n) is 6.33. The van der Waals surface area contributed by atoms with Gasteiger partial charge in [-0.15, -0.1) is 0 Å². The number of carbonyl (C=O) groups excluding carboxylic acids is 1. The lowest BCUT2D eigenvalue weighted by Crippen LogP contribution is -2.50. The summed E-state index contributed by atoms with van der Waals surface area (Å²) < 4.78 is 15.8. The van der Waals surface area contributed by atoms with Crippen molar-refractivity contribution in [2.45, 2.75) is 5.92 Å². The van der Waals surface area contributed by atoms with Gasteiger partial charge in [-0.05, 0) is 12.1 Å². The molecule has 0 saturated carbocycles. The van der Waals surface area contributed by atoms with Gasteiger partial charge in [-0.25, -0.2) is 4.79 Å². The summed E-state index contributed by atoms with van der Waals surface area (Å²) in [6.45, 7) is 1.01. The molecule has 1 aromatic carbocycles. The molecule has 1 aliphatic heterocycles. The van der Waals surface area contributed by atoms with Crippen LogP contribution in [-0.4, -0.2) is 53.4 Å². The number of pyridine rings is 1. The zero-order valence-corrected chi connectivity index (χ0v) is 15.5. The van der Waals surface area contributed by atoms with Gasteiger partial charge in [0.25, 0.3) is 0 Å². The van der Waals surface area contributed by atoms with Crippen LogP contribution in [0.2, 0.25) is 0 Å².